The van der Waals surface area contributed by atoms with E-state index in [-0.39, 0.29) is 5.78 Å². The van der Waals surface area contributed by atoms with Crippen LogP contribution in [0, 0.1) is 0 Å². The second kappa shape index (κ2) is 4.56. The molecule has 0 aliphatic carbocycles. The van der Waals surface area contributed by atoms with Crippen LogP contribution < -0.4 is 4.72 Å². The second-order valence-corrected chi connectivity index (χ2v) is 5.49. The number of carbonyl (C=O) groups excluding carboxylic acids is 1. The smallest absolute Gasteiger partial charge is 0.295 e. The molecule has 0 fully saturated rings. The largest absolute Gasteiger partial charge is 0.334 e. The minimum absolute atomic E-state index is 0.102. The van der Waals surface area contributed by atoms with Crippen molar-refractivity contribution in [1.29, 1.82) is 0 Å². The molecule has 1 aromatic rings. The third kappa shape index (κ3) is 3.92. The number of Topliss-reactive ketones (excluding diaryl/α,β-unsaturated/α-hetero) is 1. The predicted molar refractivity (Wildman–Crippen MR) is 64.2 cm³/mol. The maximum atomic E-state index is 11.2. The van der Waals surface area contributed by atoms with Crippen molar-refractivity contribution in [3.05, 3.63) is 35.4 Å². The Labute approximate surface area is 101 Å². The molecule has 0 aromatic heterocycles. The lowest BCUT2D eigenvalue weighted by molar-refractivity contribution is 0.101. The minimum atomic E-state index is -4.30. The molecule has 0 heterocycles. The zero-order chi connectivity index (χ0) is 13.3. The van der Waals surface area contributed by atoms with Crippen LogP contribution in [0.1, 0.15) is 36.7 Å². The van der Waals surface area contributed by atoms with Gasteiger partial charge in [0.1, 0.15) is 0 Å². The van der Waals surface area contributed by atoms with Crippen LogP contribution in [0.3, 0.4) is 0 Å². The summed E-state index contributed by atoms with van der Waals surface area (Å²) < 4.78 is 32.5. The molecule has 1 rings (SSSR count). The lowest BCUT2D eigenvalue weighted by atomic mass is 9.93. The second-order valence-electron chi connectivity index (χ2n) is 4.34. The Balaban J connectivity index is 3.15. The highest BCUT2D eigenvalue weighted by Crippen LogP contribution is 2.21. The van der Waals surface area contributed by atoms with Crippen LogP contribution in [0.15, 0.2) is 24.3 Å². The van der Waals surface area contributed by atoms with Crippen LogP contribution in [-0.2, 0) is 15.8 Å². The van der Waals surface area contributed by atoms with Crippen molar-refractivity contribution in [2.24, 2.45) is 0 Å². The average Bonchev–Trinajstić information content (AvgIpc) is 2.14. The van der Waals surface area contributed by atoms with Gasteiger partial charge in [-0.2, -0.15) is 13.1 Å². The van der Waals surface area contributed by atoms with E-state index in [1.165, 1.54) is 6.92 Å². The Morgan fingerprint density at radius 3 is 2.41 bits per heavy atom. The molecule has 0 bridgehead atoms. The summed E-state index contributed by atoms with van der Waals surface area (Å²) in [5, 5.41) is 0. The molecule has 94 valence electrons. The fraction of sp³-hybridized carbons (Fsp3) is 0.364. The first kappa shape index (κ1) is 13.8. The van der Waals surface area contributed by atoms with Gasteiger partial charge in [-0.1, -0.05) is 18.2 Å². The number of nitrogens with one attached hydrogen (secondary N) is 1. The maximum absolute atomic E-state index is 11.2. The Morgan fingerprint density at radius 1 is 1.35 bits per heavy atom. The van der Waals surface area contributed by atoms with Crippen LogP contribution in [0.2, 0.25) is 0 Å². The molecule has 0 aliphatic heterocycles. The monoisotopic (exact) mass is 257 g/mol. The van der Waals surface area contributed by atoms with E-state index in [4.69, 9.17) is 4.55 Å². The lowest BCUT2D eigenvalue weighted by Crippen LogP contribution is -2.40. The Bertz CT molecular complexity index is 534. The summed E-state index contributed by atoms with van der Waals surface area (Å²) in [6.07, 6.45) is 0. The molecule has 0 saturated carbocycles. The summed E-state index contributed by atoms with van der Waals surface area (Å²) in [6, 6.07) is 6.60. The zero-order valence-corrected chi connectivity index (χ0v) is 10.7. The quantitative estimate of drug-likeness (QED) is 0.632. The van der Waals surface area contributed by atoms with Gasteiger partial charge in [0.2, 0.25) is 0 Å². The van der Waals surface area contributed by atoms with Gasteiger partial charge < -0.3 is 0 Å². The fourth-order valence-corrected chi connectivity index (χ4v) is 2.27. The van der Waals surface area contributed by atoms with Gasteiger partial charge in [0.25, 0.3) is 0 Å². The lowest BCUT2D eigenvalue weighted by Gasteiger charge is -2.25. The van der Waals surface area contributed by atoms with Crippen molar-refractivity contribution in [3.8, 4) is 0 Å². The number of carbonyl (C=O) groups is 1. The van der Waals surface area contributed by atoms with Crippen molar-refractivity contribution in [2.75, 3.05) is 0 Å². The molecule has 6 heteroatoms. The van der Waals surface area contributed by atoms with E-state index in [0.29, 0.717) is 11.1 Å². The van der Waals surface area contributed by atoms with Gasteiger partial charge in [-0.15, -0.1) is 0 Å². The van der Waals surface area contributed by atoms with Gasteiger partial charge in [-0.25, -0.2) is 0 Å². The highest BCUT2D eigenvalue weighted by Gasteiger charge is 2.25. The van der Waals surface area contributed by atoms with Crippen molar-refractivity contribution in [2.45, 2.75) is 26.3 Å². The molecule has 0 aliphatic rings. The molecule has 0 amide bonds. The summed E-state index contributed by atoms with van der Waals surface area (Å²) in [4.78, 5) is 11.2. The molecule has 1 aromatic carbocycles. The number of hydrogen-bond donors (Lipinski definition) is 2. The Hall–Kier alpha value is -1.24. The highest BCUT2D eigenvalue weighted by atomic mass is 32.2. The summed E-state index contributed by atoms with van der Waals surface area (Å²) >= 11 is 0. The topological polar surface area (TPSA) is 83.5 Å². The van der Waals surface area contributed by atoms with Crippen LogP contribution in [0.4, 0.5) is 0 Å². The van der Waals surface area contributed by atoms with Crippen molar-refractivity contribution < 1.29 is 17.8 Å². The average molecular weight is 257 g/mol. The van der Waals surface area contributed by atoms with Crippen LogP contribution in [0.25, 0.3) is 0 Å². The molecule has 0 atom stereocenters. The predicted octanol–water partition coefficient (Wildman–Crippen LogP) is 1.52. The maximum Gasteiger partial charge on any atom is 0.334 e. The third-order valence-electron chi connectivity index (χ3n) is 2.37. The third-order valence-corrected chi connectivity index (χ3v) is 3.14. The zero-order valence-electron chi connectivity index (χ0n) is 9.89. The summed E-state index contributed by atoms with van der Waals surface area (Å²) in [5.74, 6) is -0.102. The van der Waals surface area contributed by atoms with E-state index in [2.05, 4.69) is 4.72 Å². The van der Waals surface area contributed by atoms with E-state index in [0.717, 1.165) is 0 Å². The van der Waals surface area contributed by atoms with Crippen molar-refractivity contribution in [1.82, 2.24) is 4.72 Å². The molecule has 17 heavy (non-hydrogen) atoms. The van der Waals surface area contributed by atoms with Gasteiger partial charge in [0, 0.05) is 5.56 Å². The Kier molecular flexibility index (Phi) is 3.71. The highest BCUT2D eigenvalue weighted by molar-refractivity contribution is 7.83. The van der Waals surface area contributed by atoms with Crippen molar-refractivity contribution >= 4 is 16.1 Å². The first-order valence-corrected chi connectivity index (χ1v) is 6.44. The standard InChI is InChI=1S/C11H15NO4S/c1-8(13)9-5-4-6-10(7-9)11(2,3)12-17(14,15)16/h4-7,12H,1-3H3,(H,14,15,16). The minimum Gasteiger partial charge on any atom is -0.295 e. The van der Waals surface area contributed by atoms with Gasteiger partial charge in [-0.05, 0) is 32.4 Å². The molecule has 0 saturated heterocycles. The van der Waals surface area contributed by atoms with E-state index >= 15 is 0 Å². The molecule has 0 unspecified atom stereocenters. The molecule has 0 radical (unpaired) electrons. The van der Waals surface area contributed by atoms with Crippen LogP contribution in [0.5, 0.6) is 0 Å². The van der Waals surface area contributed by atoms with Crippen LogP contribution >= 0.6 is 0 Å². The molecular formula is C11H15NO4S. The summed E-state index contributed by atoms with van der Waals surface area (Å²) in [7, 11) is -4.30. The number of hydrogen-bond acceptors (Lipinski definition) is 3. The van der Waals surface area contributed by atoms with Crippen LogP contribution in [-0.4, -0.2) is 18.8 Å². The summed E-state index contributed by atoms with van der Waals surface area (Å²) in [5.41, 5.74) is 0.106. The normalized spacial score (nSPS) is 12.5. The van der Waals surface area contributed by atoms with E-state index in [9.17, 15) is 13.2 Å². The number of rotatable bonds is 4. The van der Waals surface area contributed by atoms with E-state index < -0.39 is 15.8 Å². The van der Waals surface area contributed by atoms with Gasteiger partial charge in [0.15, 0.2) is 5.78 Å². The van der Waals surface area contributed by atoms with E-state index in [1.807, 2.05) is 0 Å². The summed E-state index contributed by atoms with van der Waals surface area (Å²) in [6.45, 7) is 4.63. The molecule has 2 N–H and O–H groups in total. The number of benzene rings is 1. The molecule has 0 spiro atoms. The molecule has 5 nitrogen and oxygen atoms in total. The van der Waals surface area contributed by atoms with Gasteiger partial charge in [-0.3, -0.25) is 9.35 Å². The van der Waals surface area contributed by atoms with Gasteiger partial charge >= 0.3 is 10.3 Å². The SMILES string of the molecule is CC(=O)c1cccc(C(C)(C)NS(=O)(=O)O)c1. The van der Waals surface area contributed by atoms with Gasteiger partial charge in [0.05, 0.1) is 5.54 Å². The molecular weight excluding hydrogens is 242 g/mol. The Morgan fingerprint density at radius 2 is 1.94 bits per heavy atom. The first-order valence-electron chi connectivity index (χ1n) is 5.00. The van der Waals surface area contributed by atoms with Crippen molar-refractivity contribution in [3.63, 3.8) is 0 Å². The number of ketones is 1. The van der Waals surface area contributed by atoms with E-state index in [1.54, 1.807) is 38.1 Å². The fourth-order valence-electron chi connectivity index (χ4n) is 1.51. The first-order chi connectivity index (χ1) is 7.62.